The summed E-state index contributed by atoms with van der Waals surface area (Å²) in [5, 5.41) is 9.24. The first-order valence-electron chi connectivity index (χ1n) is 6.40. The fraction of sp³-hybridized carbons (Fsp3) is 0.188. The lowest BCUT2D eigenvalue weighted by Gasteiger charge is -2.17. The molecule has 0 aliphatic carbocycles. The van der Waals surface area contributed by atoms with Gasteiger partial charge in [0.15, 0.2) is 0 Å². The first-order chi connectivity index (χ1) is 10.3. The summed E-state index contributed by atoms with van der Waals surface area (Å²) in [6, 6.07) is 10.7. The van der Waals surface area contributed by atoms with Gasteiger partial charge in [0.1, 0.15) is 5.75 Å². The van der Waals surface area contributed by atoms with Gasteiger partial charge < -0.3 is 9.84 Å². The Labute approximate surface area is 125 Å². The third kappa shape index (κ3) is 3.78. The Hall–Kier alpha value is -2.50. The minimum Gasteiger partial charge on any atom is -0.478 e. The number of alkyl halides is 3. The van der Waals surface area contributed by atoms with E-state index in [9.17, 15) is 23.1 Å². The van der Waals surface area contributed by atoms with Crippen molar-refractivity contribution in [1.29, 1.82) is 0 Å². The maximum absolute atomic E-state index is 12.7. The lowest BCUT2D eigenvalue weighted by atomic mass is 10.1. The van der Waals surface area contributed by atoms with Gasteiger partial charge in [-0.3, -0.25) is 0 Å². The molecule has 1 atom stereocenters. The zero-order valence-corrected chi connectivity index (χ0v) is 11.6. The summed E-state index contributed by atoms with van der Waals surface area (Å²) in [4.78, 5) is 11.3. The number of ether oxygens (including phenoxy) is 1. The van der Waals surface area contributed by atoms with Gasteiger partial charge in [-0.2, -0.15) is 13.2 Å². The topological polar surface area (TPSA) is 46.5 Å². The Bertz CT molecular complexity index is 663. The number of carboxylic acid groups (broad SMARTS) is 1. The zero-order valence-electron chi connectivity index (χ0n) is 11.6. The molecule has 1 N–H and O–H groups in total. The van der Waals surface area contributed by atoms with Crippen LogP contribution in [0, 0.1) is 6.92 Å². The lowest BCUT2D eigenvalue weighted by molar-refractivity contribution is -0.145. The molecule has 0 radical (unpaired) electrons. The van der Waals surface area contributed by atoms with E-state index in [1.807, 2.05) is 6.92 Å². The maximum Gasteiger partial charge on any atom is 0.416 e. The number of hydrogen-bond acceptors (Lipinski definition) is 2. The monoisotopic (exact) mass is 310 g/mol. The smallest absolute Gasteiger partial charge is 0.416 e. The van der Waals surface area contributed by atoms with Crippen molar-refractivity contribution in [2.75, 3.05) is 0 Å². The van der Waals surface area contributed by atoms with E-state index in [2.05, 4.69) is 0 Å². The number of aliphatic carboxylic acids is 1. The van der Waals surface area contributed by atoms with Gasteiger partial charge >= 0.3 is 12.1 Å². The molecule has 0 aromatic heterocycles. The normalized spacial score (nSPS) is 12.7. The summed E-state index contributed by atoms with van der Waals surface area (Å²) in [5.41, 5.74) is 0.403. The first-order valence-corrected chi connectivity index (χ1v) is 6.40. The average Bonchev–Trinajstić information content (AvgIpc) is 2.45. The molecule has 0 aliphatic heterocycles. The largest absolute Gasteiger partial charge is 0.478 e. The van der Waals surface area contributed by atoms with E-state index >= 15 is 0 Å². The molecule has 0 heterocycles. The van der Waals surface area contributed by atoms with E-state index in [1.165, 1.54) is 12.1 Å². The van der Waals surface area contributed by atoms with Crippen molar-refractivity contribution in [1.82, 2.24) is 0 Å². The Morgan fingerprint density at radius 2 is 1.77 bits per heavy atom. The summed E-state index contributed by atoms with van der Waals surface area (Å²) in [6.07, 6.45) is -5.88. The van der Waals surface area contributed by atoms with Gasteiger partial charge in [-0.25, -0.2) is 4.79 Å². The zero-order chi connectivity index (χ0) is 16.3. The summed E-state index contributed by atoms with van der Waals surface area (Å²) >= 11 is 0. The standard InChI is InChI=1S/C16H13F3O3/c1-10-5-7-11(8-6-10)14(15(20)21)22-13-4-2-3-12(9-13)16(17,18)19/h2-9,14H,1H3,(H,20,21). The third-order valence-corrected chi connectivity index (χ3v) is 3.02. The van der Waals surface area contributed by atoms with E-state index in [-0.39, 0.29) is 5.75 Å². The Balaban J connectivity index is 2.29. The maximum atomic E-state index is 12.7. The van der Waals surface area contributed by atoms with Gasteiger partial charge in [0, 0.05) is 5.56 Å². The number of carboxylic acids is 1. The number of rotatable bonds is 4. The van der Waals surface area contributed by atoms with Crippen molar-refractivity contribution in [3.05, 3.63) is 65.2 Å². The van der Waals surface area contributed by atoms with Crippen LogP contribution in [-0.4, -0.2) is 11.1 Å². The molecule has 0 saturated heterocycles. The van der Waals surface area contributed by atoms with Crippen molar-refractivity contribution in [2.24, 2.45) is 0 Å². The van der Waals surface area contributed by atoms with Crippen LogP contribution in [-0.2, 0) is 11.0 Å². The van der Waals surface area contributed by atoms with Crippen LogP contribution in [0.3, 0.4) is 0 Å². The summed E-state index contributed by atoms with van der Waals surface area (Å²) < 4.78 is 43.2. The predicted octanol–water partition coefficient (Wildman–Crippen LogP) is 4.22. The van der Waals surface area contributed by atoms with Gasteiger partial charge in [0.25, 0.3) is 0 Å². The molecule has 0 bridgehead atoms. The van der Waals surface area contributed by atoms with Crippen molar-refractivity contribution >= 4 is 5.97 Å². The molecule has 2 rings (SSSR count). The number of hydrogen-bond donors (Lipinski definition) is 1. The van der Waals surface area contributed by atoms with Crippen molar-refractivity contribution in [3.63, 3.8) is 0 Å². The molecular formula is C16H13F3O3. The molecule has 2 aromatic rings. The van der Waals surface area contributed by atoms with E-state index in [0.717, 1.165) is 17.7 Å². The molecule has 2 aromatic carbocycles. The highest BCUT2D eigenvalue weighted by atomic mass is 19.4. The van der Waals surface area contributed by atoms with Crippen LogP contribution in [0.15, 0.2) is 48.5 Å². The number of benzene rings is 2. The molecule has 1 unspecified atom stereocenters. The molecule has 116 valence electrons. The summed E-state index contributed by atoms with van der Waals surface area (Å²) in [7, 11) is 0. The van der Waals surface area contributed by atoms with Crippen LogP contribution < -0.4 is 4.74 Å². The second-order valence-corrected chi connectivity index (χ2v) is 4.77. The molecule has 0 saturated carbocycles. The molecule has 0 aliphatic rings. The SMILES string of the molecule is Cc1ccc(C(Oc2cccc(C(F)(F)F)c2)C(=O)O)cc1. The second-order valence-electron chi connectivity index (χ2n) is 4.77. The van der Waals surface area contributed by atoms with E-state index in [1.54, 1.807) is 24.3 Å². The van der Waals surface area contributed by atoms with Crippen LogP contribution in [0.5, 0.6) is 5.75 Å². The van der Waals surface area contributed by atoms with Gasteiger partial charge in [0.05, 0.1) is 5.56 Å². The van der Waals surface area contributed by atoms with E-state index in [0.29, 0.717) is 5.56 Å². The van der Waals surface area contributed by atoms with Crippen LogP contribution in [0.1, 0.15) is 22.8 Å². The summed E-state index contributed by atoms with van der Waals surface area (Å²) in [5.74, 6) is -1.43. The van der Waals surface area contributed by atoms with E-state index in [4.69, 9.17) is 4.74 Å². The molecule has 0 fully saturated rings. The quantitative estimate of drug-likeness (QED) is 0.919. The van der Waals surface area contributed by atoms with Gasteiger partial charge in [-0.05, 0) is 25.1 Å². The third-order valence-electron chi connectivity index (χ3n) is 3.02. The molecule has 22 heavy (non-hydrogen) atoms. The van der Waals surface area contributed by atoms with Crippen LogP contribution in [0.4, 0.5) is 13.2 Å². The molecule has 0 spiro atoms. The van der Waals surface area contributed by atoms with Crippen molar-refractivity contribution < 1.29 is 27.8 Å². The highest BCUT2D eigenvalue weighted by Gasteiger charge is 2.31. The molecule has 0 amide bonds. The number of aryl methyl sites for hydroxylation is 1. The number of halogens is 3. The summed E-state index contributed by atoms with van der Waals surface area (Å²) in [6.45, 7) is 1.84. The van der Waals surface area contributed by atoms with Crippen LogP contribution >= 0.6 is 0 Å². The first kappa shape index (κ1) is 15.9. The van der Waals surface area contributed by atoms with Gasteiger partial charge in [0.2, 0.25) is 6.10 Å². The minimum atomic E-state index is -4.51. The Morgan fingerprint density at radius 1 is 1.14 bits per heavy atom. The highest BCUT2D eigenvalue weighted by molar-refractivity contribution is 5.74. The second kappa shape index (κ2) is 6.09. The fourth-order valence-electron chi connectivity index (χ4n) is 1.88. The predicted molar refractivity (Wildman–Crippen MR) is 73.6 cm³/mol. The Morgan fingerprint density at radius 3 is 2.32 bits per heavy atom. The van der Waals surface area contributed by atoms with Crippen molar-refractivity contribution in [3.8, 4) is 5.75 Å². The van der Waals surface area contributed by atoms with Gasteiger partial charge in [-0.1, -0.05) is 35.9 Å². The van der Waals surface area contributed by atoms with E-state index < -0.39 is 23.8 Å². The van der Waals surface area contributed by atoms with Crippen molar-refractivity contribution in [2.45, 2.75) is 19.2 Å². The average molecular weight is 310 g/mol. The lowest BCUT2D eigenvalue weighted by Crippen LogP contribution is -2.18. The van der Waals surface area contributed by atoms with Crippen LogP contribution in [0.25, 0.3) is 0 Å². The Kier molecular flexibility index (Phi) is 4.40. The number of carbonyl (C=O) groups is 1. The molecular weight excluding hydrogens is 297 g/mol. The highest BCUT2D eigenvalue weighted by Crippen LogP contribution is 2.32. The molecule has 3 nitrogen and oxygen atoms in total. The fourth-order valence-corrected chi connectivity index (χ4v) is 1.88. The van der Waals surface area contributed by atoms with Crippen LogP contribution in [0.2, 0.25) is 0 Å². The minimum absolute atomic E-state index is 0.150. The van der Waals surface area contributed by atoms with Gasteiger partial charge in [-0.15, -0.1) is 0 Å². The molecule has 6 heteroatoms.